The van der Waals surface area contributed by atoms with Crippen LogP contribution < -0.4 is 9.47 Å². The molecule has 0 bridgehead atoms. The van der Waals surface area contributed by atoms with E-state index in [1.807, 2.05) is 74.5 Å². The number of aliphatic imine (C=N–C) groups is 1. The lowest BCUT2D eigenvalue weighted by Gasteiger charge is -2.12. The zero-order valence-electron chi connectivity index (χ0n) is 17.7. The van der Waals surface area contributed by atoms with Crippen molar-refractivity contribution in [2.24, 2.45) is 4.99 Å². The number of hydrogen-bond acceptors (Lipinski definition) is 5. The molecule has 0 amide bonds. The maximum Gasteiger partial charge on any atom is 0.363 e. The lowest BCUT2D eigenvalue weighted by molar-refractivity contribution is -0.129. The number of benzene rings is 3. The summed E-state index contributed by atoms with van der Waals surface area (Å²) in [5.74, 6) is 1.05. The number of hydrogen-bond donors (Lipinski definition) is 0. The number of esters is 1. The quantitative estimate of drug-likeness (QED) is 0.410. The third-order valence-corrected chi connectivity index (χ3v) is 4.96. The highest BCUT2D eigenvalue weighted by Gasteiger charge is 2.25. The minimum atomic E-state index is -0.476. The minimum Gasteiger partial charge on any atom is -0.493 e. The van der Waals surface area contributed by atoms with Gasteiger partial charge in [0, 0.05) is 5.56 Å². The van der Waals surface area contributed by atoms with Crippen LogP contribution in [0.1, 0.15) is 27.8 Å². The molecule has 3 aromatic rings. The molecule has 1 aliphatic rings. The van der Waals surface area contributed by atoms with Crippen molar-refractivity contribution >= 4 is 17.9 Å². The highest BCUT2D eigenvalue weighted by Crippen LogP contribution is 2.30. The molecular weight excluding hydrogens is 390 g/mol. The second-order valence-corrected chi connectivity index (χ2v) is 7.34. The van der Waals surface area contributed by atoms with Gasteiger partial charge in [-0.05, 0) is 54.8 Å². The summed E-state index contributed by atoms with van der Waals surface area (Å²) in [6.07, 6.45) is 1.69. The van der Waals surface area contributed by atoms with Crippen LogP contribution in [0.2, 0.25) is 0 Å². The fraction of sp³-hybridized carbons (Fsp3) is 0.154. The molecule has 5 nitrogen and oxygen atoms in total. The Hall–Kier alpha value is -3.86. The standard InChI is InChI=1S/C26H23NO4/c1-17-7-6-9-20(13-17)16-30-24-15-19(11-12-23(24)29-3)14-22-26(28)31-25(27-22)21-10-5-4-8-18(21)2/h4-15H,16H2,1-3H3. The number of methoxy groups -OCH3 is 1. The first-order valence-corrected chi connectivity index (χ1v) is 9.98. The molecule has 0 saturated carbocycles. The van der Waals surface area contributed by atoms with Gasteiger partial charge in [-0.1, -0.05) is 54.1 Å². The van der Waals surface area contributed by atoms with Gasteiger partial charge in [-0.15, -0.1) is 0 Å². The molecule has 0 unspecified atom stereocenters. The predicted octanol–water partition coefficient (Wildman–Crippen LogP) is 5.24. The summed E-state index contributed by atoms with van der Waals surface area (Å²) in [4.78, 5) is 16.8. The Bertz CT molecular complexity index is 1190. The Kier molecular flexibility index (Phi) is 5.85. The van der Waals surface area contributed by atoms with Crippen molar-refractivity contribution in [3.8, 4) is 11.5 Å². The van der Waals surface area contributed by atoms with Crippen LogP contribution in [-0.2, 0) is 16.1 Å². The van der Waals surface area contributed by atoms with Crippen molar-refractivity contribution in [2.75, 3.05) is 7.11 Å². The van der Waals surface area contributed by atoms with Gasteiger partial charge >= 0.3 is 5.97 Å². The lowest BCUT2D eigenvalue weighted by Crippen LogP contribution is -2.06. The van der Waals surface area contributed by atoms with E-state index in [-0.39, 0.29) is 5.70 Å². The van der Waals surface area contributed by atoms with Crippen LogP contribution in [0, 0.1) is 13.8 Å². The van der Waals surface area contributed by atoms with Crippen molar-refractivity contribution in [1.82, 2.24) is 0 Å². The number of nitrogens with zero attached hydrogens (tertiary/aromatic N) is 1. The van der Waals surface area contributed by atoms with Gasteiger partial charge in [0.05, 0.1) is 7.11 Å². The molecular formula is C26H23NO4. The summed E-state index contributed by atoms with van der Waals surface area (Å²) in [6, 6.07) is 21.3. The molecule has 0 N–H and O–H groups in total. The lowest BCUT2D eigenvalue weighted by atomic mass is 10.1. The molecule has 1 aliphatic heterocycles. The summed E-state index contributed by atoms with van der Waals surface area (Å²) < 4.78 is 16.8. The van der Waals surface area contributed by atoms with Crippen molar-refractivity contribution in [3.63, 3.8) is 0 Å². The molecule has 0 fully saturated rings. The Morgan fingerprint density at radius 1 is 0.968 bits per heavy atom. The first-order valence-electron chi connectivity index (χ1n) is 9.98. The van der Waals surface area contributed by atoms with Crippen LogP contribution in [0.4, 0.5) is 0 Å². The van der Waals surface area contributed by atoms with E-state index in [0.29, 0.717) is 24.0 Å². The maximum absolute atomic E-state index is 12.4. The third kappa shape index (κ3) is 4.67. The van der Waals surface area contributed by atoms with Gasteiger partial charge in [0.2, 0.25) is 5.90 Å². The van der Waals surface area contributed by atoms with Gasteiger partial charge in [-0.25, -0.2) is 9.79 Å². The smallest absolute Gasteiger partial charge is 0.363 e. The van der Waals surface area contributed by atoms with Gasteiger partial charge < -0.3 is 14.2 Å². The van der Waals surface area contributed by atoms with E-state index in [1.54, 1.807) is 13.2 Å². The Morgan fingerprint density at radius 3 is 2.58 bits per heavy atom. The molecule has 5 heteroatoms. The average Bonchev–Trinajstić information content (AvgIpc) is 3.12. The van der Waals surface area contributed by atoms with Crippen molar-refractivity contribution in [1.29, 1.82) is 0 Å². The number of cyclic esters (lactones) is 1. The minimum absolute atomic E-state index is 0.244. The summed E-state index contributed by atoms with van der Waals surface area (Å²) >= 11 is 0. The van der Waals surface area contributed by atoms with Crippen LogP contribution in [0.25, 0.3) is 6.08 Å². The molecule has 3 aromatic carbocycles. The highest BCUT2D eigenvalue weighted by molar-refractivity contribution is 6.13. The summed E-state index contributed by atoms with van der Waals surface area (Å²) in [5, 5.41) is 0. The molecule has 0 spiro atoms. The van der Waals surface area contributed by atoms with E-state index in [4.69, 9.17) is 14.2 Å². The van der Waals surface area contributed by atoms with Crippen molar-refractivity contribution in [2.45, 2.75) is 20.5 Å². The maximum atomic E-state index is 12.4. The molecule has 4 rings (SSSR count). The van der Waals surface area contributed by atoms with Crippen LogP contribution >= 0.6 is 0 Å². The zero-order chi connectivity index (χ0) is 21.8. The molecule has 1 heterocycles. The van der Waals surface area contributed by atoms with Crippen LogP contribution in [0.5, 0.6) is 11.5 Å². The predicted molar refractivity (Wildman–Crippen MR) is 120 cm³/mol. The Morgan fingerprint density at radius 2 is 1.81 bits per heavy atom. The average molecular weight is 413 g/mol. The van der Waals surface area contributed by atoms with Gasteiger partial charge in [-0.2, -0.15) is 0 Å². The fourth-order valence-corrected chi connectivity index (χ4v) is 3.35. The van der Waals surface area contributed by atoms with Gasteiger partial charge in [0.25, 0.3) is 0 Å². The number of rotatable bonds is 6. The van der Waals surface area contributed by atoms with Crippen molar-refractivity contribution < 1.29 is 19.0 Å². The Labute approximate surface area is 181 Å². The SMILES string of the molecule is COc1ccc(C=C2N=C(c3ccccc3C)OC2=O)cc1OCc1cccc(C)c1. The third-order valence-electron chi connectivity index (χ3n) is 4.96. The van der Waals surface area contributed by atoms with E-state index in [0.717, 1.165) is 22.3 Å². The normalized spacial score (nSPS) is 14.4. The van der Waals surface area contributed by atoms with Crippen LogP contribution in [-0.4, -0.2) is 19.0 Å². The first kappa shape index (κ1) is 20.4. The molecule has 0 saturated heterocycles. The van der Waals surface area contributed by atoms with Crippen molar-refractivity contribution in [3.05, 3.63) is 100 Å². The summed E-state index contributed by atoms with van der Waals surface area (Å²) in [6.45, 7) is 4.41. The largest absolute Gasteiger partial charge is 0.493 e. The van der Waals surface area contributed by atoms with E-state index in [9.17, 15) is 4.79 Å². The van der Waals surface area contributed by atoms with Crippen LogP contribution in [0.15, 0.2) is 77.4 Å². The number of aryl methyl sites for hydroxylation is 2. The van der Waals surface area contributed by atoms with E-state index >= 15 is 0 Å². The number of carbonyl (C=O) groups is 1. The van der Waals surface area contributed by atoms with Gasteiger partial charge in [0.1, 0.15) is 6.61 Å². The number of carbonyl (C=O) groups excluding carboxylic acids is 1. The highest BCUT2D eigenvalue weighted by atomic mass is 16.6. The van der Waals surface area contributed by atoms with Gasteiger partial charge in [-0.3, -0.25) is 0 Å². The van der Waals surface area contributed by atoms with E-state index in [2.05, 4.69) is 11.1 Å². The number of ether oxygens (including phenoxy) is 3. The first-order chi connectivity index (χ1) is 15.0. The second kappa shape index (κ2) is 8.88. The molecule has 0 aliphatic carbocycles. The van der Waals surface area contributed by atoms with Crippen LogP contribution in [0.3, 0.4) is 0 Å². The molecule has 31 heavy (non-hydrogen) atoms. The molecule has 0 atom stereocenters. The summed E-state index contributed by atoms with van der Waals surface area (Å²) in [7, 11) is 1.60. The monoisotopic (exact) mass is 413 g/mol. The molecule has 0 aromatic heterocycles. The van der Waals surface area contributed by atoms with E-state index in [1.165, 1.54) is 5.56 Å². The molecule has 156 valence electrons. The second-order valence-electron chi connectivity index (χ2n) is 7.34. The zero-order valence-corrected chi connectivity index (χ0v) is 17.7. The Balaban J connectivity index is 1.59. The summed E-state index contributed by atoms with van der Waals surface area (Å²) in [5.41, 5.74) is 5.05. The fourth-order valence-electron chi connectivity index (χ4n) is 3.35. The van der Waals surface area contributed by atoms with E-state index < -0.39 is 5.97 Å². The van der Waals surface area contributed by atoms with Gasteiger partial charge in [0.15, 0.2) is 17.2 Å². The molecule has 0 radical (unpaired) electrons. The topological polar surface area (TPSA) is 57.1 Å².